The first-order valence-electron chi connectivity index (χ1n) is 10.9. The van der Waals surface area contributed by atoms with E-state index in [1.54, 1.807) is 54.1 Å². The SMILES string of the molecule is CCc1nc2cc(OC)ccn2c1C(=O)NCc1ccc(N2CCN(S(=O)(=O)C(F)(F)F)C=N2)cc1. The number of hydrogen-bond acceptors (Lipinski definition) is 7. The molecule has 1 N–H and O–H groups in total. The normalized spacial score (nSPS) is 14.4. The maximum atomic E-state index is 13.0. The minimum Gasteiger partial charge on any atom is -0.497 e. The Morgan fingerprint density at radius 2 is 1.89 bits per heavy atom. The smallest absolute Gasteiger partial charge is 0.497 e. The third-order valence-electron chi connectivity index (χ3n) is 5.60. The number of hydrogen-bond donors (Lipinski definition) is 1. The van der Waals surface area contributed by atoms with Gasteiger partial charge in [-0.1, -0.05) is 19.1 Å². The number of pyridine rings is 1. The van der Waals surface area contributed by atoms with Crippen molar-refractivity contribution in [1.29, 1.82) is 0 Å². The van der Waals surface area contributed by atoms with E-state index < -0.39 is 22.1 Å². The predicted octanol–water partition coefficient (Wildman–Crippen LogP) is 2.75. The summed E-state index contributed by atoms with van der Waals surface area (Å²) in [5.41, 5.74) is -2.35. The van der Waals surface area contributed by atoms with Crippen LogP contribution in [0.4, 0.5) is 18.9 Å². The van der Waals surface area contributed by atoms with Crippen LogP contribution < -0.4 is 15.1 Å². The zero-order valence-corrected chi connectivity index (χ0v) is 20.2. The second-order valence-electron chi connectivity index (χ2n) is 7.82. The van der Waals surface area contributed by atoms with Crippen molar-refractivity contribution < 1.29 is 31.1 Å². The van der Waals surface area contributed by atoms with Crippen molar-refractivity contribution in [2.45, 2.75) is 25.4 Å². The number of nitrogens with zero attached hydrogens (tertiary/aromatic N) is 5. The molecule has 10 nitrogen and oxygen atoms in total. The first-order valence-corrected chi connectivity index (χ1v) is 12.3. The number of rotatable bonds is 7. The van der Waals surface area contributed by atoms with Crippen molar-refractivity contribution >= 4 is 33.6 Å². The van der Waals surface area contributed by atoms with E-state index in [0.717, 1.165) is 5.56 Å². The second kappa shape index (κ2) is 9.68. The zero-order chi connectivity index (χ0) is 26.1. The third kappa shape index (κ3) is 4.80. The topological polar surface area (TPSA) is 109 Å². The van der Waals surface area contributed by atoms with Crippen molar-refractivity contribution in [3.05, 3.63) is 59.5 Å². The van der Waals surface area contributed by atoms with Gasteiger partial charge in [0.05, 0.1) is 31.6 Å². The minimum absolute atomic E-state index is 0.0548. The molecule has 0 fully saturated rings. The summed E-state index contributed by atoms with van der Waals surface area (Å²) in [7, 11) is -3.91. The number of benzene rings is 1. The lowest BCUT2D eigenvalue weighted by Crippen LogP contribution is -2.46. The van der Waals surface area contributed by atoms with Gasteiger partial charge >= 0.3 is 15.5 Å². The van der Waals surface area contributed by atoms with Crippen LogP contribution >= 0.6 is 0 Å². The van der Waals surface area contributed by atoms with E-state index in [-0.39, 0.29) is 23.3 Å². The van der Waals surface area contributed by atoms with E-state index in [0.29, 0.717) is 41.2 Å². The molecule has 1 amide bonds. The van der Waals surface area contributed by atoms with Crippen molar-refractivity contribution in [1.82, 2.24) is 19.0 Å². The highest BCUT2D eigenvalue weighted by Crippen LogP contribution is 2.27. The molecular weight excluding hydrogens is 501 g/mol. The van der Waals surface area contributed by atoms with E-state index in [4.69, 9.17) is 4.74 Å². The van der Waals surface area contributed by atoms with E-state index in [2.05, 4.69) is 15.4 Å². The monoisotopic (exact) mass is 524 g/mol. The highest BCUT2D eigenvalue weighted by molar-refractivity contribution is 7.90. The number of anilines is 1. The number of methoxy groups -OCH3 is 1. The largest absolute Gasteiger partial charge is 0.516 e. The Bertz CT molecular complexity index is 1400. The number of sulfonamides is 1. The Labute approximate surface area is 205 Å². The van der Waals surface area contributed by atoms with Crippen LogP contribution in [0.15, 0.2) is 47.7 Å². The number of nitrogens with one attached hydrogen (secondary N) is 1. The van der Waals surface area contributed by atoms with Crippen molar-refractivity contribution in [2.24, 2.45) is 5.10 Å². The maximum Gasteiger partial charge on any atom is 0.516 e. The number of halogens is 3. The summed E-state index contributed by atoms with van der Waals surface area (Å²) < 4.78 is 68.2. The van der Waals surface area contributed by atoms with Crippen LogP contribution in [-0.4, -0.2) is 60.1 Å². The molecule has 1 aliphatic heterocycles. The molecule has 0 atom stereocenters. The van der Waals surface area contributed by atoms with Gasteiger partial charge in [0.1, 0.15) is 23.4 Å². The molecule has 14 heteroatoms. The molecule has 4 rings (SSSR count). The van der Waals surface area contributed by atoms with E-state index in [9.17, 15) is 26.4 Å². The van der Waals surface area contributed by atoms with Crippen molar-refractivity contribution in [3.63, 3.8) is 0 Å². The summed E-state index contributed by atoms with van der Waals surface area (Å²) in [6.07, 6.45) is 2.95. The first kappa shape index (κ1) is 25.3. The number of carbonyl (C=O) groups excluding carboxylic acids is 1. The molecule has 0 spiro atoms. The van der Waals surface area contributed by atoms with Crippen LogP contribution in [0.3, 0.4) is 0 Å². The number of amides is 1. The molecule has 0 saturated carbocycles. The summed E-state index contributed by atoms with van der Waals surface area (Å²) in [6, 6.07) is 10.3. The lowest BCUT2D eigenvalue weighted by molar-refractivity contribution is -0.0471. The standard InChI is InChI=1S/C22H23F3N6O4S/c1-3-18-20(30-9-8-17(35-2)12-19(30)28-18)21(32)26-13-15-4-6-16(7-5-15)31-11-10-29(14-27-31)36(33,34)22(23,24)25/h4-9,12,14H,3,10-11,13H2,1-2H3,(H,26,32). The average Bonchev–Trinajstić information content (AvgIpc) is 3.25. The number of imidazole rings is 1. The summed E-state index contributed by atoms with van der Waals surface area (Å²) in [5.74, 6) is 0.343. The Morgan fingerprint density at radius 3 is 2.47 bits per heavy atom. The van der Waals surface area contributed by atoms with Crippen LogP contribution in [0.2, 0.25) is 0 Å². The minimum atomic E-state index is -5.46. The molecule has 3 aromatic rings. The number of fused-ring (bicyclic) bond motifs is 1. The molecule has 0 radical (unpaired) electrons. The predicted molar refractivity (Wildman–Crippen MR) is 126 cm³/mol. The fourth-order valence-corrected chi connectivity index (χ4v) is 4.43. The molecule has 192 valence electrons. The summed E-state index contributed by atoms with van der Waals surface area (Å²) in [4.78, 5) is 17.5. The van der Waals surface area contributed by atoms with Crippen molar-refractivity contribution in [2.75, 3.05) is 25.2 Å². The Morgan fingerprint density at radius 1 is 1.17 bits per heavy atom. The number of ether oxygens (including phenoxy) is 1. The van der Waals surface area contributed by atoms with Gasteiger partial charge < -0.3 is 10.1 Å². The van der Waals surface area contributed by atoms with Crippen LogP contribution in [0.25, 0.3) is 5.65 Å². The van der Waals surface area contributed by atoms with E-state index >= 15 is 0 Å². The molecule has 1 aliphatic rings. The van der Waals surface area contributed by atoms with Gasteiger partial charge in [0.25, 0.3) is 5.91 Å². The van der Waals surface area contributed by atoms with E-state index in [1.165, 1.54) is 5.01 Å². The van der Waals surface area contributed by atoms with Crippen LogP contribution in [0, 0.1) is 0 Å². The summed E-state index contributed by atoms with van der Waals surface area (Å²) in [6.45, 7) is 1.69. The third-order valence-corrected chi connectivity index (χ3v) is 7.08. The van der Waals surface area contributed by atoms with Gasteiger partial charge in [-0.2, -0.15) is 26.7 Å². The number of alkyl halides is 3. The Hall–Kier alpha value is -3.81. The first-order chi connectivity index (χ1) is 17.0. The summed E-state index contributed by atoms with van der Waals surface area (Å²) in [5, 5.41) is 8.10. The molecule has 36 heavy (non-hydrogen) atoms. The number of carbonyl (C=O) groups is 1. The van der Waals surface area contributed by atoms with Crippen LogP contribution in [-0.2, 0) is 23.0 Å². The fraction of sp³-hybridized carbons (Fsp3) is 0.318. The lowest BCUT2D eigenvalue weighted by Gasteiger charge is -2.29. The lowest BCUT2D eigenvalue weighted by atomic mass is 10.2. The van der Waals surface area contributed by atoms with Crippen LogP contribution in [0.5, 0.6) is 5.75 Å². The van der Waals surface area contributed by atoms with Gasteiger partial charge in [-0.15, -0.1) is 0 Å². The fourth-order valence-electron chi connectivity index (χ4n) is 3.68. The molecule has 0 saturated heterocycles. The molecular formula is C22H23F3N6O4S. The van der Waals surface area contributed by atoms with Gasteiger partial charge in [0.2, 0.25) is 0 Å². The second-order valence-corrected chi connectivity index (χ2v) is 9.70. The number of aromatic nitrogens is 2. The molecule has 3 heterocycles. The molecule has 0 aliphatic carbocycles. The van der Waals surface area contributed by atoms with Gasteiger partial charge in [-0.25, -0.2) is 9.29 Å². The molecule has 0 unspecified atom stereocenters. The average molecular weight is 525 g/mol. The van der Waals surface area contributed by atoms with Crippen molar-refractivity contribution in [3.8, 4) is 5.75 Å². The van der Waals surface area contributed by atoms with Gasteiger partial charge in [-0.05, 0) is 30.2 Å². The molecule has 2 aromatic heterocycles. The van der Waals surface area contributed by atoms with Gasteiger partial charge in [0, 0.05) is 18.8 Å². The maximum absolute atomic E-state index is 13.0. The number of hydrazone groups is 1. The Balaban J connectivity index is 1.42. The Kier molecular flexibility index (Phi) is 6.80. The van der Waals surface area contributed by atoms with Gasteiger partial charge in [0.15, 0.2) is 0 Å². The van der Waals surface area contributed by atoms with E-state index in [1.807, 2.05) is 6.92 Å². The highest BCUT2D eigenvalue weighted by Gasteiger charge is 2.50. The molecule has 0 bridgehead atoms. The van der Waals surface area contributed by atoms with Crippen LogP contribution in [0.1, 0.15) is 28.7 Å². The zero-order valence-electron chi connectivity index (χ0n) is 19.4. The summed E-state index contributed by atoms with van der Waals surface area (Å²) >= 11 is 0. The molecule has 1 aromatic carbocycles. The van der Waals surface area contributed by atoms with Gasteiger partial charge in [-0.3, -0.25) is 14.2 Å². The quantitative estimate of drug-likeness (QED) is 0.509. The number of aryl methyl sites for hydroxylation is 1. The highest BCUT2D eigenvalue weighted by atomic mass is 32.2.